The van der Waals surface area contributed by atoms with E-state index in [0.29, 0.717) is 11.8 Å². The lowest BCUT2D eigenvalue weighted by molar-refractivity contribution is -0.140. The first-order valence-corrected chi connectivity index (χ1v) is 7.96. The second-order valence-corrected chi connectivity index (χ2v) is 7.22. The maximum absolute atomic E-state index is 12.7. The van der Waals surface area contributed by atoms with Gasteiger partial charge in [0.25, 0.3) is 0 Å². The van der Waals surface area contributed by atoms with E-state index >= 15 is 0 Å². The van der Waals surface area contributed by atoms with Crippen LogP contribution in [0.3, 0.4) is 0 Å². The van der Waals surface area contributed by atoms with Gasteiger partial charge >= 0.3 is 0 Å². The zero-order chi connectivity index (χ0) is 13.9. The second kappa shape index (κ2) is 6.25. The largest absolute Gasteiger partial charge is 0.345 e. The molecule has 0 bridgehead atoms. The molecule has 1 heterocycles. The number of hydrogen-bond donors (Lipinski definition) is 1. The normalized spacial score (nSPS) is 30.9. The predicted octanol–water partition coefficient (Wildman–Crippen LogP) is 2.66. The average Bonchev–Trinajstić information content (AvgIpc) is 2.38. The van der Waals surface area contributed by atoms with Crippen molar-refractivity contribution < 1.29 is 4.79 Å². The van der Waals surface area contributed by atoms with Gasteiger partial charge in [-0.15, -0.1) is 0 Å². The van der Waals surface area contributed by atoms with Crippen LogP contribution in [0.2, 0.25) is 0 Å². The first-order chi connectivity index (χ1) is 9.00. The summed E-state index contributed by atoms with van der Waals surface area (Å²) in [6, 6.07) is 0. The molecule has 0 aromatic rings. The van der Waals surface area contributed by atoms with E-state index in [1.54, 1.807) is 0 Å². The fourth-order valence-corrected chi connectivity index (χ4v) is 3.77. The molecule has 2 rings (SSSR count). The quantitative estimate of drug-likeness (QED) is 0.852. The Hall–Kier alpha value is -0.570. The highest BCUT2D eigenvalue weighted by atomic mass is 16.2. The van der Waals surface area contributed by atoms with Crippen LogP contribution in [0.4, 0.5) is 0 Å². The van der Waals surface area contributed by atoms with Crippen molar-refractivity contribution >= 4 is 5.91 Å². The molecule has 0 radical (unpaired) electrons. The maximum Gasteiger partial charge on any atom is 0.225 e. The van der Waals surface area contributed by atoms with E-state index in [-0.39, 0.29) is 11.3 Å². The summed E-state index contributed by atoms with van der Waals surface area (Å²) in [7, 11) is 2.00. The Bertz CT molecular complexity index is 308. The number of nitrogens with one attached hydrogen (secondary N) is 1. The second-order valence-electron chi connectivity index (χ2n) is 7.22. The third kappa shape index (κ3) is 3.71. The molecular weight excluding hydrogens is 236 g/mol. The summed E-state index contributed by atoms with van der Waals surface area (Å²) in [5.74, 6) is 1.27. The molecule has 1 aliphatic heterocycles. The zero-order valence-electron chi connectivity index (χ0n) is 12.9. The van der Waals surface area contributed by atoms with Gasteiger partial charge in [-0.2, -0.15) is 0 Å². The van der Waals surface area contributed by atoms with Crippen molar-refractivity contribution in [2.24, 2.45) is 17.3 Å². The van der Waals surface area contributed by atoms with E-state index in [2.05, 4.69) is 19.2 Å². The van der Waals surface area contributed by atoms with E-state index in [9.17, 15) is 4.79 Å². The number of carbonyl (C=O) groups is 1. The van der Waals surface area contributed by atoms with Gasteiger partial charge in [-0.1, -0.05) is 26.7 Å². The summed E-state index contributed by atoms with van der Waals surface area (Å²) in [5.41, 5.74) is 0.189. The number of carbonyl (C=O) groups excluding carboxylic acids is 1. The van der Waals surface area contributed by atoms with Gasteiger partial charge in [0.2, 0.25) is 5.91 Å². The predicted molar refractivity (Wildman–Crippen MR) is 79.0 cm³/mol. The van der Waals surface area contributed by atoms with Crippen molar-refractivity contribution in [1.29, 1.82) is 0 Å². The topological polar surface area (TPSA) is 32.3 Å². The van der Waals surface area contributed by atoms with Crippen LogP contribution in [0, 0.1) is 17.3 Å². The average molecular weight is 266 g/mol. The highest BCUT2D eigenvalue weighted by Crippen LogP contribution is 2.41. The minimum absolute atomic E-state index is 0.189. The Labute approximate surface area is 118 Å². The van der Waals surface area contributed by atoms with Gasteiger partial charge in [0.15, 0.2) is 0 Å². The Morgan fingerprint density at radius 3 is 2.68 bits per heavy atom. The Morgan fingerprint density at radius 1 is 1.26 bits per heavy atom. The van der Waals surface area contributed by atoms with E-state index in [1.807, 2.05) is 11.9 Å². The first-order valence-electron chi connectivity index (χ1n) is 7.96. The lowest BCUT2D eigenvalue weighted by atomic mass is 9.68. The Morgan fingerprint density at radius 2 is 2.05 bits per heavy atom. The van der Waals surface area contributed by atoms with Crippen LogP contribution in [0.25, 0.3) is 0 Å². The summed E-state index contributed by atoms with van der Waals surface area (Å²) < 4.78 is 0. The van der Waals surface area contributed by atoms with Crippen molar-refractivity contribution in [1.82, 2.24) is 10.2 Å². The number of amides is 1. The lowest BCUT2D eigenvalue weighted by Crippen LogP contribution is -2.45. The molecule has 0 aromatic carbocycles. The minimum Gasteiger partial charge on any atom is -0.345 e. The highest BCUT2D eigenvalue weighted by Gasteiger charge is 2.38. The van der Waals surface area contributed by atoms with Gasteiger partial charge in [0, 0.05) is 19.5 Å². The van der Waals surface area contributed by atoms with Crippen molar-refractivity contribution in [3.8, 4) is 0 Å². The number of piperidine rings is 1. The number of nitrogens with zero attached hydrogens (tertiary/aromatic N) is 1. The van der Waals surface area contributed by atoms with Crippen LogP contribution in [-0.4, -0.2) is 37.5 Å². The molecule has 2 aliphatic rings. The lowest BCUT2D eigenvalue weighted by Gasteiger charge is -2.40. The van der Waals surface area contributed by atoms with Crippen molar-refractivity contribution in [2.45, 2.75) is 52.4 Å². The summed E-state index contributed by atoms with van der Waals surface area (Å²) in [4.78, 5) is 14.7. The van der Waals surface area contributed by atoms with Crippen LogP contribution >= 0.6 is 0 Å². The molecule has 1 saturated carbocycles. The van der Waals surface area contributed by atoms with E-state index in [0.717, 1.165) is 26.1 Å². The smallest absolute Gasteiger partial charge is 0.225 e. The standard InChI is InChI=1S/C16H30N2O/c1-16(2)9-5-4-8-14(16)15(19)18(3)12-13-7-6-10-17-11-13/h13-14,17H,4-12H2,1-3H3. The molecule has 0 spiro atoms. The van der Waals surface area contributed by atoms with Gasteiger partial charge < -0.3 is 10.2 Å². The maximum atomic E-state index is 12.7. The molecule has 2 fully saturated rings. The molecule has 3 heteroatoms. The van der Waals surface area contributed by atoms with E-state index < -0.39 is 0 Å². The summed E-state index contributed by atoms with van der Waals surface area (Å²) in [5, 5.41) is 3.44. The highest BCUT2D eigenvalue weighted by molar-refractivity contribution is 5.79. The molecule has 0 aromatic heterocycles. The van der Waals surface area contributed by atoms with E-state index in [1.165, 1.54) is 32.1 Å². The summed E-state index contributed by atoms with van der Waals surface area (Å²) >= 11 is 0. The van der Waals surface area contributed by atoms with Gasteiger partial charge in [-0.25, -0.2) is 0 Å². The van der Waals surface area contributed by atoms with E-state index in [4.69, 9.17) is 0 Å². The molecule has 1 amide bonds. The van der Waals surface area contributed by atoms with Crippen LogP contribution in [0.1, 0.15) is 52.4 Å². The molecule has 2 unspecified atom stereocenters. The fraction of sp³-hybridized carbons (Fsp3) is 0.938. The van der Waals surface area contributed by atoms with Crippen LogP contribution in [0.5, 0.6) is 0 Å². The van der Waals surface area contributed by atoms with Crippen molar-refractivity contribution in [2.75, 3.05) is 26.7 Å². The molecule has 1 saturated heterocycles. The third-order valence-electron chi connectivity index (χ3n) is 5.11. The van der Waals surface area contributed by atoms with Crippen LogP contribution in [-0.2, 0) is 4.79 Å². The van der Waals surface area contributed by atoms with Crippen molar-refractivity contribution in [3.05, 3.63) is 0 Å². The number of hydrogen-bond acceptors (Lipinski definition) is 2. The Balaban J connectivity index is 1.90. The van der Waals surface area contributed by atoms with Crippen molar-refractivity contribution in [3.63, 3.8) is 0 Å². The first kappa shape index (κ1) is 14.8. The molecule has 3 nitrogen and oxygen atoms in total. The monoisotopic (exact) mass is 266 g/mol. The zero-order valence-corrected chi connectivity index (χ0v) is 12.9. The van der Waals surface area contributed by atoms with Gasteiger partial charge in [0.05, 0.1) is 0 Å². The van der Waals surface area contributed by atoms with Gasteiger partial charge in [0.1, 0.15) is 0 Å². The summed E-state index contributed by atoms with van der Waals surface area (Å²) in [6.45, 7) is 7.68. The minimum atomic E-state index is 0.189. The molecule has 1 aliphatic carbocycles. The third-order valence-corrected chi connectivity index (χ3v) is 5.11. The summed E-state index contributed by atoms with van der Waals surface area (Å²) in [6.07, 6.45) is 7.30. The molecule has 19 heavy (non-hydrogen) atoms. The van der Waals surface area contributed by atoms with Crippen LogP contribution in [0.15, 0.2) is 0 Å². The molecule has 1 N–H and O–H groups in total. The Kier molecular flexibility index (Phi) is 4.88. The van der Waals surface area contributed by atoms with Crippen LogP contribution < -0.4 is 5.32 Å². The molecule has 110 valence electrons. The SMILES string of the molecule is CN(CC1CCCNC1)C(=O)C1CCCCC1(C)C. The number of rotatable bonds is 3. The van der Waals surface area contributed by atoms with Gasteiger partial charge in [-0.3, -0.25) is 4.79 Å². The van der Waals surface area contributed by atoms with Gasteiger partial charge in [-0.05, 0) is 50.1 Å². The molecular formula is C16H30N2O. The molecule has 2 atom stereocenters. The fourth-order valence-electron chi connectivity index (χ4n) is 3.77.